The number of amides is 1. The van der Waals surface area contributed by atoms with Crippen LogP contribution in [0.5, 0.6) is 0 Å². The second kappa shape index (κ2) is 7.11. The molecule has 1 aliphatic heterocycles. The van der Waals surface area contributed by atoms with Crippen LogP contribution in [0.3, 0.4) is 0 Å². The van der Waals surface area contributed by atoms with Crippen molar-refractivity contribution in [2.24, 2.45) is 0 Å². The Morgan fingerprint density at radius 1 is 1.22 bits per heavy atom. The van der Waals surface area contributed by atoms with Gasteiger partial charge in [0.1, 0.15) is 0 Å². The summed E-state index contributed by atoms with van der Waals surface area (Å²) in [5.41, 5.74) is 2.22. The molecule has 1 saturated heterocycles. The number of fused-ring (bicyclic) bond motifs is 1. The number of pyridine rings is 1. The smallest absolute Gasteiger partial charge is 0.252 e. The van der Waals surface area contributed by atoms with Crippen LogP contribution in [0.25, 0.3) is 11.0 Å². The number of hydrogen-bond acceptors (Lipinski definition) is 5. The Morgan fingerprint density at radius 2 is 2.04 bits per heavy atom. The summed E-state index contributed by atoms with van der Waals surface area (Å²) in [4.78, 5) is 16.8. The minimum absolute atomic E-state index is 0.145. The summed E-state index contributed by atoms with van der Waals surface area (Å²) in [5, 5.41) is 7.38. The number of rotatable bonds is 5. The highest BCUT2D eigenvalue weighted by Crippen LogP contribution is 2.19. The van der Waals surface area contributed by atoms with Gasteiger partial charge in [0.05, 0.1) is 29.3 Å². The van der Waals surface area contributed by atoms with Crippen LogP contribution >= 0.6 is 0 Å². The van der Waals surface area contributed by atoms with Crippen LogP contribution in [0, 0.1) is 0 Å². The Morgan fingerprint density at radius 3 is 2.78 bits per heavy atom. The summed E-state index contributed by atoms with van der Waals surface area (Å²) < 4.78 is 25.5. The van der Waals surface area contributed by atoms with E-state index in [-0.39, 0.29) is 18.2 Å². The van der Waals surface area contributed by atoms with Gasteiger partial charge >= 0.3 is 0 Å². The molecule has 2 aromatic heterocycles. The molecule has 1 unspecified atom stereocenters. The summed E-state index contributed by atoms with van der Waals surface area (Å²) in [7, 11) is -3.07. The van der Waals surface area contributed by atoms with Crippen molar-refractivity contribution in [1.29, 1.82) is 0 Å². The van der Waals surface area contributed by atoms with Gasteiger partial charge in [0.2, 0.25) is 0 Å². The summed E-state index contributed by atoms with van der Waals surface area (Å²) in [6.45, 7) is 0.745. The van der Waals surface area contributed by atoms with Crippen molar-refractivity contribution in [3.8, 4) is 0 Å². The molecule has 8 heteroatoms. The maximum Gasteiger partial charge on any atom is 0.252 e. The van der Waals surface area contributed by atoms with Crippen molar-refractivity contribution in [3.63, 3.8) is 0 Å². The largest absolute Gasteiger partial charge is 0.351 e. The molecule has 1 aromatic carbocycles. The van der Waals surface area contributed by atoms with Gasteiger partial charge in [-0.15, -0.1) is 0 Å². The number of carbonyl (C=O) groups is 1. The first kappa shape index (κ1) is 17.7. The first-order valence-corrected chi connectivity index (χ1v) is 10.6. The van der Waals surface area contributed by atoms with Crippen LogP contribution < -0.4 is 5.32 Å². The highest BCUT2D eigenvalue weighted by Gasteiger charge is 2.31. The second-order valence-corrected chi connectivity index (χ2v) is 9.17. The minimum Gasteiger partial charge on any atom is -0.351 e. The molecule has 7 nitrogen and oxygen atoms in total. The molecule has 27 heavy (non-hydrogen) atoms. The zero-order valence-corrected chi connectivity index (χ0v) is 15.5. The molecule has 0 spiro atoms. The maximum absolute atomic E-state index is 12.4. The Labute approximate surface area is 157 Å². The average molecular weight is 384 g/mol. The number of aromatic nitrogens is 3. The van der Waals surface area contributed by atoms with Gasteiger partial charge < -0.3 is 5.32 Å². The lowest BCUT2D eigenvalue weighted by Crippen LogP contribution is -2.34. The average Bonchev–Trinajstić information content (AvgIpc) is 3.22. The number of benzene rings is 1. The fourth-order valence-corrected chi connectivity index (χ4v) is 5.13. The fraction of sp³-hybridized carbons (Fsp3) is 0.316. The van der Waals surface area contributed by atoms with Crippen LogP contribution in [0.4, 0.5) is 0 Å². The van der Waals surface area contributed by atoms with Crippen molar-refractivity contribution in [2.75, 3.05) is 12.3 Å². The van der Waals surface area contributed by atoms with E-state index in [1.165, 1.54) is 6.20 Å². The van der Waals surface area contributed by atoms with Crippen LogP contribution in [0.1, 0.15) is 28.8 Å². The van der Waals surface area contributed by atoms with Gasteiger partial charge in [0.25, 0.3) is 5.91 Å². The van der Waals surface area contributed by atoms with Gasteiger partial charge in [-0.1, -0.05) is 30.3 Å². The maximum atomic E-state index is 12.4. The van der Waals surface area contributed by atoms with E-state index >= 15 is 0 Å². The van der Waals surface area contributed by atoms with Gasteiger partial charge in [0, 0.05) is 18.1 Å². The highest BCUT2D eigenvalue weighted by molar-refractivity contribution is 7.92. The third kappa shape index (κ3) is 3.71. The predicted molar refractivity (Wildman–Crippen MR) is 102 cm³/mol. The first-order chi connectivity index (χ1) is 13.0. The molecule has 4 rings (SSSR count). The van der Waals surface area contributed by atoms with E-state index in [1.54, 1.807) is 16.9 Å². The van der Waals surface area contributed by atoms with E-state index in [2.05, 4.69) is 15.4 Å². The molecule has 1 aliphatic rings. The summed E-state index contributed by atoms with van der Waals surface area (Å²) >= 11 is 0. The number of carbonyl (C=O) groups excluding carboxylic acids is 1. The molecule has 3 aromatic rings. The van der Waals surface area contributed by atoms with E-state index < -0.39 is 15.1 Å². The number of nitrogens with one attached hydrogen (secondary N) is 1. The van der Waals surface area contributed by atoms with Crippen molar-refractivity contribution >= 4 is 26.8 Å². The summed E-state index contributed by atoms with van der Waals surface area (Å²) in [6.07, 6.45) is 4.45. The zero-order valence-electron chi connectivity index (χ0n) is 14.7. The lowest BCUT2D eigenvalue weighted by Gasteiger charge is -2.10. The van der Waals surface area contributed by atoms with Gasteiger partial charge in [-0.25, -0.2) is 18.1 Å². The molecular formula is C19H20N4O3S. The molecule has 1 amide bonds. The van der Waals surface area contributed by atoms with E-state index in [4.69, 9.17) is 0 Å². The summed E-state index contributed by atoms with van der Waals surface area (Å²) in [6, 6.07) is 11.7. The minimum atomic E-state index is -3.07. The third-order valence-corrected chi connectivity index (χ3v) is 7.14. The molecule has 0 saturated carbocycles. The molecule has 140 valence electrons. The number of nitrogens with zero attached hydrogens (tertiary/aromatic N) is 3. The van der Waals surface area contributed by atoms with Crippen LogP contribution in [-0.2, 0) is 16.4 Å². The quantitative estimate of drug-likeness (QED) is 0.724. The normalized spacial score (nSPS) is 18.6. The summed E-state index contributed by atoms with van der Waals surface area (Å²) in [5.74, 6) is -0.107. The lowest BCUT2D eigenvalue weighted by molar-refractivity contribution is 0.0953. The van der Waals surface area contributed by atoms with Gasteiger partial charge in [-0.3, -0.25) is 4.79 Å². The second-order valence-electron chi connectivity index (χ2n) is 6.77. The SMILES string of the molecule is O=C(NCC1CCCS1(=O)=O)c1cnc2c(cnn2Cc2ccccc2)c1. The molecule has 1 N–H and O–H groups in total. The molecule has 1 fully saturated rings. The first-order valence-electron chi connectivity index (χ1n) is 8.88. The standard InChI is InChI=1S/C19H20N4O3S/c24-19(21-12-17-7-4-8-27(17,25)26)16-9-15-11-22-23(18(15)20-10-16)13-14-5-2-1-3-6-14/h1-3,5-6,9-11,17H,4,7-8,12-13H2,(H,21,24). The molecule has 1 atom stereocenters. The number of hydrogen-bond donors (Lipinski definition) is 1. The van der Waals surface area contributed by atoms with Gasteiger partial charge in [0.15, 0.2) is 15.5 Å². The molecule has 0 bridgehead atoms. The lowest BCUT2D eigenvalue weighted by atomic mass is 10.2. The highest BCUT2D eigenvalue weighted by atomic mass is 32.2. The van der Waals surface area contributed by atoms with Crippen molar-refractivity contribution in [2.45, 2.75) is 24.6 Å². The molecule has 0 aliphatic carbocycles. The number of sulfone groups is 1. The topological polar surface area (TPSA) is 93.9 Å². The van der Waals surface area contributed by atoms with Crippen LogP contribution in [-0.4, -0.2) is 46.6 Å². The molecule has 0 radical (unpaired) electrons. The van der Waals surface area contributed by atoms with Crippen molar-refractivity contribution in [3.05, 3.63) is 59.9 Å². The Hall–Kier alpha value is -2.74. The Kier molecular flexibility index (Phi) is 4.65. The van der Waals surface area contributed by atoms with E-state index in [0.29, 0.717) is 30.6 Å². The molecule has 3 heterocycles. The monoisotopic (exact) mass is 384 g/mol. The predicted octanol–water partition coefficient (Wildman–Crippen LogP) is 1.79. The van der Waals surface area contributed by atoms with Crippen LogP contribution in [0.15, 0.2) is 48.8 Å². The van der Waals surface area contributed by atoms with Crippen molar-refractivity contribution < 1.29 is 13.2 Å². The van der Waals surface area contributed by atoms with E-state index in [0.717, 1.165) is 10.9 Å². The Balaban J connectivity index is 1.48. The third-order valence-electron chi connectivity index (χ3n) is 4.87. The fourth-order valence-electron chi connectivity index (χ4n) is 3.36. The molecular weight excluding hydrogens is 364 g/mol. The van der Waals surface area contributed by atoms with Gasteiger partial charge in [-0.05, 0) is 24.5 Å². The van der Waals surface area contributed by atoms with E-state index in [9.17, 15) is 13.2 Å². The van der Waals surface area contributed by atoms with E-state index in [1.807, 2.05) is 30.3 Å². The van der Waals surface area contributed by atoms with Crippen molar-refractivity contribution in [1.82, 2.24) is 20.1 Å². The van der Waals surface area contributed by atoms with Crippen LogP contribution in [0.2, 0.25) is 0 Å². The Bertz CT molecular complexity index is 1080. The van der Waals surface area contributed by atoms with Gasteiger partial charge in [-0.2, -0.15) is 5.10 Å². The zero-order chi connectivity index (χ0) is 18.9.